The Bertz CT molecular complexity index is 760. The quantitative estimate of drug-likeness (QED) is 0.784. The van der Waals surface area contributed by atoms with Crippen LogP contribution in [0, 0.1) is 24.5 Å². The second-order valence-electron chi connectivity index (χ2n) is 7.22. The third-order valence-electron chi connectivity index (χ3n) is 5.20. The first-order chi connectivity index (χ1) is 12.5. The number of hydrogen-bond donors (Lipinski definition) is 0. The van der Waals surface area contributed by atoms with Gasteiger partial charge >= 0.3 is 0 Å². The smallest absolute Gasteiger partial charge is 0.152 e. The fourth-order valence-corrected chi connectivity index (χ4v) is 3.77. The number of benzene rings is 1. The van der Waals surface area contributed by atoms with Crippen LogP contribution in [0.15, 0.2) is 18.2 Å². The van der Waals surface area contributed by atoms with E-state index in [1.807, 2.05) is 20.0 Å². The first-order valence-electron chi connectivity index (χ1n) is 9.16. The van der Waals surface area contributed by atoms with Crippen LogP contribution in [0.2, 0.25) is 0 Å². The van der Waals surface area contributed by atoms with E-state index in [2.05, 4.69) is 14.8 Å². The predicted octanol–water partition coefficient (Wildman–Crippen LogP) is 3.62. The van der Waals surface area contributed by atoms with E-state index in [4.69, 9.17) is 4.74 Å². The Morgan fingerprint density at radius 2 is 1.96 bits per heavy atom. The topological polar surface area (TPSA) is 28.6 Å². The van der Waals surface area contributed by atoms with Crippen molar-refractivity contribution in [3.05, 3.63) is 35.5 Å². The summed E-state index contributed by atoms with van der Waals surface area (Å²) < 4.78 is 33.0. The number of halogens is 2. The zero-order valence-corrected chi connectivity index (χ0v) is 15.8. The maximum Gasteiger partial charge on any atom is 0.152 e. The van der Waals surface area contributed by atoms with Crippen molar-refractivity contribution in [2.24, 2.45) is 5.92 Å². The molecule has 142 valence electrons. The molecule has 2 aromatic rings. The first kappa shape index (κ1) is 19.0. The second-order valence-corrected chi connectivity index (χ2v) is 7.22. The minimum atomic E-state index is -0.607. The SMILES string of the molecule is COCCN1CCC(CN(C)c2cc(C)nc3c(F)cc(F)cc23)CC1. The number of fused-ring (bicyclic) bond motifs is 1. The van der Waals surface area contributed by atoms with Crippen LogP contribution >= 0.6 is 0 Å². The largest absolute Gasteiger partial charge is 0.383 e. The minimum Gasteiger partial charge on any atom is -0.383 e. The number of ether oxygens (including phenoxy) is 1. The van der Waals surface area contributed by atoms with E-state index < -0.39 is 11.6 Å². The summed E-state index contributed by atoms with van der Waals surface area (Å²) in [5, 5.41) is 0.535. The van der Waals surface area contributed by atoms with Crippen molar-refractivity contribution in [3.8, 4) is 0 Å². The average Bonchev–Trinajstić information content (AvgIpc) is 2.61. The van der Waals surface area contributed by atoms with Crippen LogP contribution in [-0.2, 0) is 4.74 Å². The van der Waals surface area contributed by atoms with Crippen LogP contribution in [0.4, 0.5) is 14.5 Å². The van der Waals surface area contributed by atoms with Crippen LogP contribution in [0.1, 0.15) is 18.5 Å². The zero-order valence-electron chi connectivity index (χ0n) is 15.8. The highest BCUT2D eigenvalue weighted by atomic mass is 19.1. The first-order valence-corrected chi connectivity index (χ1v) is 9.16. The van der Waals surface area contributed by atoms with Crippen molar-refractivity contribution >= 4 is 16.6 Å². The van der Waals surface area contributed by atoms with Gasteiger partial charge in [0.25, 0.3) is 0 Å². The van der Waals surface area contributed by atoms with Crippen LogP contribution in [-0.4, -0.2) is 56.8 Å². The lowest BCUT2D eigenvalue weighted by molar-refractivity contribution is 0.121. The summed E-state index contributed by atoms with van der Waals surface area (Å²) >= 11 is 0. The molecule has 0 N–H and O–H groups in total. The van der Waals surface area contributed by atoms with Crippen molar-refractivity contribution < 1.29 is 13.5 Å². The van der Waals surface area contributed by atoms with E-state index in [9.17, 15) is 8.78 Å². The van der Waals surface area contributed by atoms with E-state index in [1.165, 1.54) is 6.07 Å². The molecule has 0 unspecified atom stereocenters. The number of rotatable bonds is 6. The van der Waals surface area contributed by atoms with Crippen LogP contribution < -0.4 is 4.90 Å². The van der Waals surface area contributed by atoms with Gasteiger partial charge in [-0.3, -0.25) is 0 Å². The molecule has 6 heteroatoms. The van der Waals surface area contributed by atoms with E-state index in [1.54, 1.807) is 7.11 Å². The molecule has 0 amide bonds. The molecule has 3 rings (SSSR count). The fraction of sp³-hybridized carbons (Fsp3) is 0.550. The molecular formula is C20H27F2N3O. The molecule has 1 aliphatic heterocycles. The maximum absolute atomic E-state index is 14.1. The standard InChI is InChI=1S/C20H27F2N3O/c1-14-10-19(17-11-16(21)12-18(22)20(17)23-14)24(2)13-15-4-6-25(7-5-15)8-9-26-3/h10-12,15H,4-9,13H2,1-3H3. The summed E-state index contributed by atoms with van der Waals surface area (Å²) in [6.45, 7) is 6.60. The Hall–Kier alpha value is -1.79. The summed E-state index contributed by atoms with van der Waals surface area (Å²) in [7, 11) is 3.72. The van der Waals surface area contributed by atoms with Gasteiger partial charge < -0.3 is 14.5 Å². The molecule has 1 aromatic carbocycles. The number of piperidine rings is 1. The molecule has 0 spiro atoms. The monoisotopic (exact) mass is 363 g/mol. The molecule has 0 bridgehead atoms. The van der Waals surface area contributed by atoms with Crippen molar-refractivity contribution in [2.75, 3.05) is 51.8 Å². The molecule has 26 heavy (non-hydrogen) atoms. The maximum atomic E-state index is 14.1. The van der Waals surface area contributed by atoms with Crippen molar-refractivity contribution in [2.45, 2.75) is 19.8 Å². The molecular weight excluding hydrogens is 336 g/mol. The molecule has 1 saturated heterocycles. The van der Waals surface area contributed by atoms with Gasteiger partial charge in [0.05, 0.1) is 6.61 Å². The van der Waals surface area contributed by atoms with Gasteiger partial charge in [-0.1, -0.05) is 0 Å². The Balaban J connectivity index is 1.73. The van der Waals surface area contributed by atoms with E-state index >= 15 is 0 Å². The number of pyridine rings is 1. The predicted molar refractivity (Wildman–Crippen MR) is 101 cm³/mol. The number of aromatic nitrogens is 1. The molecule has 0 aliphatic carbocycles. The number of likely N-dealkylation sites (tertiary alicyclic amines) is 1. The Morgan fingerprint density at radius 1 is 1.23 bits per heavy atom. The van der Waals surface area contributed by atoms with Crippen molar-refractivity contribution in [1.82, 2.24) is 9.88 Å². The van der Waals surface area contributed by atoms with Gasteiger partial charge in [0.15, 0.2) is 5.82 Å². The van der Waals surface area contributed by atoms with Gasteiger partial charge in [-0.25, -0.2) is 13.8 Å². The number of anilines is 1. The number of hydrogen-bond acceptors (Lipinski definition) is 4. The van der Waals surface area contributed by atoms with E-state index in [0.717, 1.165) is 63.1 Å². The van der Waals surface area contributed by atoms with Gasteiger partial charge in [0.1, 0.15) is 11.3 Å². The lowest BCUT2D eigenvalue weighted by Crippen LogP contribution is -2.39. The molecule has 0 radical (unpaired) electrons. The van der Waals surface area contributed by atoms with Gasteiger partial charge in [-0.2, -0.15) is 0 Å². The molecule has 1 fully saturated rings. The van der Waals surface area contributed by atoms with E-state index in [-0.39, 0.29) is 5.52 Å². The van der Waals surface area contributed by atoms with Gasteiger partial charge in [0, 0.05) is 50.1 Å². The minimum absolute atomic E-state index is 0.239. The highest BCUT2D eigenvalue weighted by Gasteiger charge is 2.21. The zero-order chi connectivity index (χ0) is 18.7. The second kappa shape index (κ2) is 8.27. The Kier molecular flexibility index (Phi) is 6.04. The normalized spacial score (nSPS) is 16.3. The summed E-state index contributed by atoms with van der Waals surface area (Å²) in [4.78, 5) is 8.80. The summed E-state index contributed by atoms with van der Waals surface area (Å²) in [5.74, 6) is -0.604. The molecule has 1 aromatic heterocycles. The van der Waals surface area contributed by atoms with Crippen molar-refractivity contribution in [3.63, 3.8) is 0 Å². The highest BCUT2D eigenvalue weighted by molar-refractivity contribution is 5.92. The fourth-order valence-electron chi connectivity index (χ4n) is 3.77. The van der Waals surface area contributed by atoms with Gasteiger partial charge in [-0.05, 0) is 50.9 Å². The molecule has 4 nitrogen and oxygen atoms in total. The van der Waals surface area contributed by atoms with Crippen molar-refractivity contribution in [1.29, 1.82) is 0 Å². The third kappa shape index (κ3) is 4.30. The van der Waals surface area contributed by atoms with Crippen LogP contribution in [0.3, 0.4) is 0 Å². The van der Waals surface area contributed by atoms with E-state index in [0.29, 0.717) is 11.3 Å². The number of aryl methyl sites for hydroxylation is 1. The Labute approximate surface area is 153 Å². The summed E-state index contributed by atoms with van der Waals surface area (Å²) in [5.41, 5.74) is 1.81. The van der Waals surface area contributed by atoms with Gasteiger partial charge in [-0.15, -0.1) is 0 Å². The average molecular weight is 363 g/mol. The molecule has 2 heterocycles. The molecule has 0 atom stereocenters. The third-order valence-corrected chi connectivity index (χ3v) is 5.20. The Morgan fingerprint density at radius 3 is 2.65 bits per heavy atom. The van der Waals surface area contributed by atoms with Crippen LogP contribution in [0.5, 0.6) is 0 Å². The molecule has 0 saturated carbocycles. The number of nitrogens with zero attached hydrogens (tertiary/aromatic N) is 3. The molecule has 1 aliphatic rings. The lowest BCUT2D eigenvalue weighted by Gasteiger charge is -2.34. The van der Waals surface area contributed by atoms with Crippen LogP contribution in [0.25, 0.3) is 10.9 Å². The summed E-state index contributed by atoms with van der Waals surface area (Å²) in [6, 6.07) is 4.19. The summed E-state index contributed by atoms with van der Waals surface area (Å²) in [6.07, 6.45) is 2.25. The lowest BCUT2D eigenvalue weighted by atomic mass is 9.96. The highest BCUT2D eigenvalue weighted by Crippen LogP contribution is 2.30. The number of methoxy groups -OCH3 is 1. The van der Waals surface area contributed by atoms with Gasteiger partial charge in [0.2, 0.25) is 0 Å².